The van der Waals surface area contributed by atoms with Gasteiger partial charge in [-0.05, 0) is 32.4 Å². The van der Waals surface area contributed by atoms with E-state index in [9.17, 15) is 4.79 Å². The maximum absolute atomic E-state index is 11.7. The van der Waals surface area contributed by atoms with Gasteiger partial charge in [0, 0.05) is 18.9 Å². The number of aromatic nitrogens is 1. The average molecular weight is 195 g/mol. The van der Waals surface area contributed by atoms with E-state index in [4.69, 9.17) is 4.74 Å². The first-order valence-electron chi connectivity index (χ1n) is 4.75. The smallest absolute Gasteiger partial charge is 0.253 e. The fourth-order valence-electron chi connectivity index (χ4n) is 1.27. The Labute approximate surface area is 84.3 Å². The highest BCUT2D eigenvalue weighted by molar-refractivity contribution is 5.20. The first-order chi connectivity index (χ1) is 6.56. The number of aryl methyl sites for hydroxylation is 1. The monoisotopic (exact) mass is 195 g/mol. The topological polar surface area (TPSA) is 31.2 Å². The van der Waals surface area contributed by atoms with E-state index in [1.54, 1.807) is 11.7 Å². The van der Waals surface area contributed by atoms with Crippen LogP contribution in [-0.2, 0) is 11.3 Å². The molecule has 0 saturated heterocycles. The zero-order valence-electron chi connectivity index (χ0n) is 9.20. The molecule has 0 fully saturated rings. The highest BCUT2D eigenvalue weighted by Crippen LogP contribution is 2.00. The molecule has 1 rings (SSSR count). The summed E-state index contributed by atoms with van der Waals surface area (Å²) in [7, 11) is 1.65. The Morgan fingerprint density at radius 2 is 2.14 bits per heavy atom. The minimum atomic E-state index is 0.0646. The molecule has 0 amide bonds. The second-order valence-electron chi connectivity index (χ2n) is 3.63. The van der Waals surface area contributed by atoms with Crippen molar-refractivity contribution in [2.24, 2.45) is 0 Å². The van der Waals surface area contributed by atoms with Gasteiger partial charge in [-0.3, -0.25) is 4.79 Å². The van der Waals surface area contributed by atoms with E-state index < -0.39 is 0 Å². The van der Waals surface area contributed by atoms with E-state index in [1.165, 1.54) is 0 Å². The molecule has 3 heteroatoms. The summed E-state index contributed by atoms with van der Waals surface area (Å²) >= 11 is 0. The Bertz CT molecular complexity index is 368. The van der Waals surface area contributed by atoms with Crippen LogP contribution in [0.3, 0.4) is 0 Å². The summed E-state index contributed by atoms with van der Waals surface area (Å²) in [5, 5.41) is 0. The number of nitrogens with zero attached hydrogens (tertiary/aromatic N) is 1. The lowest BCUT2D eigenvalue weighted by Gasteiger charge is -2.12. The third-order valence-electron chi connectivity index (χ3n) is 2.53. The fraction of sp³-hybridized carbons (Fsp3) is 0.545. The largest absolute Gasteiger partial charge is 0.380 e. The minimum Gasteiger partial charge on any atom is -0.380 e. The van der Waals surface area contributed by atoms with Gasteiger partial charge >= 0.3 is 0 Å². The van der Waals surface area contributed by atoms with Gasteiger partial charge in [0.2, 0.25) is 0 Å². The van der Waals surface area contributed by atoms with Crippen LogP contribution in [-0.4, -0.2) is 17.8 Å². The fourth-order valence-corrected chi connectivity index (χ4v) is 1.27. The summed E-state index contributed by atoms with van der Waals surface area (Å²) in [6.07, 6.45) is 1.88. The zero-order chi connectivity index (χ0) is 10.7. The van der Waals surface area contributed by atoms with E-state index in [1.807, 2.05) is 33.0 Å². The van der Waals surface area contributed by atoms with Crippen LogP contribution in [0.1, 0.15) is 18.1 Å². The zero-order valence-corrected chi connectivity index (χ0v) is 9.20. The third kappa shape index (κ3) is 2.23. The van der Waals surface area contributed by atoms with E-state index in [0.717, 1.165) is 11.1 Å². The molecule has 0 aliphatic carbocycles. The van der Waals surface area contributed by atoms with Crippen LogP contribution >= 0.6 is 0 Å². The Morgan fingerprint density at radius 1 is 1.50 bits per heavy atom. The molecule has 14 heavy (non-hydrogen) atoms. The molecule has 78 valence electrons. The Morgan fingerprint density at radius 3 is 2.71 bits per heavy atom. The van der Waals surface area contributed by atoms with Crippen LogP contribution in [0.25, 0.3) is 0 Å². The lowest BCUT2D eigenvalue weighted by Crippen LogP contribution is -2.27. The quantitative estimate of drug-likeness (QED) is 0.732. The maximum atomic E-state index is 11.7. The van der Waals surface area contributed by atoms with Crippen molar-refractivity contribution in [3.63, 3.8) is 0 Å². The number of ether oxygens (including phenoxy) is 1. The SMILES string of the molecule is COC(C)Cn1ccc(C)c(C)c1=O. The second-order valence-corrected chi connectivity index (χ2v) is 3.63. The molecule has 0 radical (unpaired) electrons. The first kappa shape index (κ1) is 11.0. The van der Waals surface area contributed by atoms with Crippen molar-refractivity contribution in [3.05, 3.63) is 33.7 Å². The molecule has 0 spiro atoms. The Hall–Kier alpha value is -1.09. The molecule has 0 saturated carbocycles. The predicted molar refractivity (Wildman–Crippen MR) is 56.6 cm³/mol. The number of hydrogen-bond donors (Lipinski definition) is 0. The molecular formula is C11H17NO2. The summed E-state index contributed by atoms with van der Waals surface area (Å²) in [4.78, 5) is 11.7. The molecule has 1 atom stereocenters. The Kier molecular flexibility index (Phi) is 3.47. The van der Waals surface area contributed by atoms with Gasteiger partial charge < -0.3 is 9.30 Å². The van der Waals surface area contributed by atoms with Crippen molar-refractivity contribution < 1.29 is 4.74 Å². The normalized spacial score (nSPS) is 12.9. The van der Waals surface area contributed by atoms with Crippen LogP contribution in [0.2, 0.25) is 0 Å². The van der Waals surface area contributed by atoms with Gasteiger partial charge in [0.1, 0.15) is 0 Å². The maximum Gasteiger partial charge on any atom is 0.253 e. The number of rotatable bonds is 3. The average Bonchev–Trinajstić information content (AvgIpc) is 2.19. The van der Waals surface area contributed by atoms with Crippen molar-refractivity contribution in [1.29, 1.82) is 0 Å². The lowest BCUT2D eigenvalue weighted by molar-refractivity contribution is 0.102. The molecule has 1 aromatic heterocycles. The summed E-state index contributed by atoms with van der Waals surface area (Å²) in [6, 6.07) is 1.96. The van der Waals surface area contributed by atoms with Gasteiger partial charge in [-0.15, -0.1) is 0 Å². The van der Waals surface area contributed by atoms with Crippen LogP contribution < -0.4 is 5.56 Å². The van der Waals surface area contributed by atoms with Crippen LogP contribution in [0.4, 0.5) is 0 Å². The minimum absolute atomic E-state index is 0.0646. The van der Waals surface area contributed by atoms with Crippen LogP contribution in [0.15, 0.2) is 17.1 Å². The van der Waals surface area contributed by atoms with Gasteiger partial charge in [-0.2, -0.15) is 0 Å². The molecule has 0 bridgehead atoms. The molecule has 1 heterocycles. The molecule has 0 aliphatic rings. The van der Waals surface area contributed by atoms with E-state index in [-0.39, 0.29) is 11.7 Å². The molecule has 1 unspecified atom stereocenters. The lowest BCUT2D eigenvalue weighted by atomic mass is 10.2. The predicted octanol–water partition coefficient (Wildman–Crippen LogP) is 1.50. The standard InChI is InChI=1S/C11H17NO2/c1-8-5-6-12(7-9(2)14-4)11(13)10(8)3/h5-6,9H,7H2,1-4H3. The molecule has 0 N–H and O–H groups in total. The summed E-state index contributed by atoms with van der Waals surface area (Å²) in [5.74, 6) is 0. The summed E-state index contributed by atoms with van der Waals surface area (Å²) < 4.78 is 6.81. The number of pyridine rings is 1. The van der Waals surface area contributed by atoms with Crippen molar-refractivity contribution >= 4 is 0 Å². The van der Waals surface area contributed by atoms with Crippen LogP contribution in [0, 0.1) is 13.8 Å². The van der Waals surface area contributed by atoms with E-state index in [0.29, 0.717) is 6.54 Å². The Balaban J connectivity index is 3.00. The molecule has 0 aliphatic heterocycles. The molecule has 0 aromatic carbocycles. The molecule has 1 aromatic rings. The van der Waals surface area contributed by atoms with Crippen molar-refractivity contribution in [2.75, 3.05) is 7.11 Å². The highest BCUT2D eigenvalue weighted by atomic mass is 16.5. The van der Waals surface area contributed by atoms with Gasteiger partial charge in [0.05, 0.1) is 12.6 Å². The summed E-state index contributed by atoms with van der Waals surface area (Å²) in [6.45, 7) is 6.35. The highest BCUT2D eigenvalue weighted by Gasteiger charge is 2.05. The number of hydrogen-bond acceptors (Lipinski definition) is 2. The van der Waals surface area contributed by atoms with Gasteiger partial charge in [-0.1, -0.05) is 0 Å². The van der Waals surface area contributed by atoms with E-state index in [2.05, 4.69) is 0 Å². The van der Waals surface area contributed by atoms with Crippen LogP contribution in [0.5, 0.6) is 0 Å². The van der Waals surface area contributed by atoms with Gasteiger partial charge in [0.15, 0.2) is 0 Å². The van der Waals surface area contributed by atoms with Gasteiger partial charge in [0.25, 0.3) is 5.56 Å². The van der Waals surface area contributed by atoms with Crippen molar-refractivity contribution in [1.82, 2.24) is 4.57 Å². The third-order valence-corrected chi connectivity index (χ3v) is 2.53. The van der Waals surface area contributed by atoms with E-state index >= 15 is 0 Å². The summed E-state index contributed by atoms with van der Waals surface area (Å²) in [5.41, 5.74) is 1.93. The van der Waals surface area contributed by atoms with Crippen molar-refractivity contribution in [3.8, 4) is 0 Å². The van der Waals surface area contributed by atoms with Crippen molar-refractivity contribution in [2.45, 2.75) is 33.4 Å². The molecule has 3 nitrogen and oxygen atoms in total. The van der Waals surface area contributed by atoms with Gasteiger partial charge in [-0.25, -0.2) is 0 Å². The second kappa shape index (κ2) is 4.42. The number of methoxy groups -OCH3 is 1. The first-order valence-corrected chi connectivity index (χ1v) is 4.75. The molecular weight excluding hydrogens is 178 g/mol.